The van der Waals surface area contributed by atoms with E-state index in [0.717, 1.165) is 31.4 Å². The zero-order valence-electron chi connectivity index (χ0n) is 15.9. The highest BCUT2D eigenvalue weighted by Gasteiger charge is 2.43. The number of carbonyl (C=O) groups is 3. The Labute approximate surface area is 163 Å². The van der Waals surface area contributed by atoms with Crippen molar-refractivity contribution in [1.29, 1.82) is 0 Å². The number of rotatable bonds is 5. The first-order valence-electron chi connectivity index (χ1n) is 10.4. The van der Waals surface area contributed by atoms with Crippen LogP contribution in [0.15, 0.2) is 10.6 Å². The van der Waals surface area contributed by atoms with E-state index >= 15 is 0 Å². The Morgan fingerprint density at radius 2 is 1.86 bits per heavy atom. The smallest absolute Gasteiger partial charge is 0.290 e. The van der Waals surface area contributed by atoms with Crippen LogP contribution in [-0.4, -0.2) is 64.4 Å². The van der Waals surface area contributed by atoms with Gasteiger partial charge in [-0.25, -0.2) is 0 Å². The van der Waals surface area contributed by atoms with Crippen LogP contribution in [0.3, 0.4) is 0 Å². The highest BCUT2D eigenvalue weighted by Crippen LogP contribution is 2.39. The van der Waals surface area contributed by atoms with E-state index in [-0.39, 0.29) is 35.4 Å². The Kier molecular flexibility index (Phi) is 4.36. The fraction of sp³-hybridized carbons (Fsp3) is 0.700. The molecule has 150 valence electrons. The van der Waals surface area contributed by atoms with Gasteiger partial charge in [-0.15, -0.1) is 0 Å². The van der Waals surface area contributed by atoms with E-state index in [1.165, 1.54) is 12.8 Å². The average Bonchev–Trinajstić information content (AvgIpc) is 3.06. The molecule has 4 aliphatic rings. The summed E-state index contributed by atoms with van der Waals surface area (Å²) < 4.78 is 5.14. The van der Waals surface area contributed by atoms with Crippen molar-refractivity contribution in [2.24, 2.45) is 5.92 Å². The molecule has 3 amide bonds. The van der Waals surface area contributed by atoms with Gasteiger partial charge >= 0.3 is 0 Å². The van der Waals surface area contributed by atoms with Gasteiger partial charge < -0.3 is 19.6 Å². The lowest BCUT2D eigenvalue weighted by molar-refractivity contribution is -0.140. The first-order chi connectivity index (χ1) is 13.6. The Bertz CT molecular complexity index is 790. The molecule has 3 heterocycles. The van der Waals surface area contributed by atoms with Crippen molar-refractivity contribution in [3.05, 3.63) is 17.5 Å². The molecule has 5 rings (SSSR count). The van der Waals surface area contributed by atoms with Crippen molar-refractivity contribution in [2.75, 3.05) is 19.6 Å². The van der Waals surface area contributed by atoms with Crippen LogP contribution in [0, 0.1) is 5.92 Å². The van der Waals surface area contributed by atoms with Crippen LogP contribution in [0.2, 0.25) is 0 Å². The van der Waals surface area contributed by atoms with E-state index in [1.807, 2.05) is 4.90 Å². The molecule has 1 N–H and O–H groups in total. The number of aromatic nitrogens is 1. The van der Waals surface area contributed by atoms with Crippen molar-refractivity contribution < 1.29 is 18.9 Å². The van der Waals surface area contributed by atoms with E-state index in [4.69, 9.17) is 4.52 Å². The van der Waals surface area contributed by atoms with Crippen LogP contribution >= 0.6 is 0 Å². The Balaban J connectivity index is 1.10. The molecule has 1 aromatic heterocycles. The molecule has 4 fully saturated rings. The summed E-state index contributed by atoms with van der Waals surface area (Å²) >= 11 is 0. The molecule has 0 spiro atoms. The monoisotopic (exact) mass is 386 g/mol. The van der Waals surface area contributed by atoms with Crippen LogP contribution in [0.25, 0.3) is 0 Å². The van der Waals surface area contributed by atoms with Crippen molar-refractivity contribution in [3.63, 3.8) is 0 Å². The largest absolute Gasteiger partial charge is 0.351 e. The Hall–Kier alpha value is -2.38. The van der Waals surface area contributed by atoms with Gasteiger partial charge in [-0.3, -0.25) is 14.4 Å². The van der Waals surface area contributed by atoms with Gasteiger partial charge in [0.15, 0.2) is 0 Å². The number of likely N-dealkylation sites (tertiary alicyclic amines) is 2. The number of nitrogens with one attached hydrogen (secondary N) is 1. The summed E-state index contributed by atoms with van der Waals surface area (Å²) in [6, 6.07) is 1.97. The first kappa shape index (κ1) is 17.7. The molecule has 2 aliphatic heterocycles. The first-order valence-corrected chi connectivity index (χ1v) is 10.4. The van der Waals surface area contributed by atoms with Gasteiger partial charge in [0.05, 0.1) is 17.7 Å². The second-order valence-corrected chi connectivity index (χ2v) is 8.69. The average molecular weight is 386 g/mol. The van der Waals surface area contributed by atoms with E-state index in [0.29, 0.717) is 38.0 Å². The lowest BCUT2D eigenvalue weighted by Gasteiger charge is -2.40. The summed E-state index contributed by atoms with van der Waals surface area (Å²) in [6.45, 7) is 1.53. The lowest BCUT2D eigenvalue weighted by atomic mass is 10.0. The summed E-state index contributed by atoms with van der Waals surface area (Å²) in [6.07, 6.45) is 7.01. The molecule has 2 saturated carbocycles. The van der Waals surface area contributed by atoms with E-state index in [1.54, 1.807) is 11.0 Å². The standard InChI is InChI=1S/C20H26N4O4/c25-18-7-13(9-24(18)15-3-1-2-4-15)20(27)23-10-14(11-23)21-19(26)17-8-16(22-28-17)12-5-6-12/h8,12-15H,1-7,9-11H2,(H,21,26). The van der Waals surface area contributed by atoms with Crippen LogP contribution in [0.4, 0.5) is 0 Å². The maximum atomic E-state index is 12.7. The molecular formula is C20H26N4O4. The molecule has 0 radical (unpaired) electrons. The molecule has 2 saturated heterocycles. The zero-order valence-corrected chi connectivity index (χ0v) is 15.9. The van der Waals surface area contributed by atoms with Crippen LogP contribution in [0.5, 0.6) is 0 Å². The van der Waals surface area contributed by atoms with E-state index in [2.05, 4.69) is 10.5 Å². The topological polar surface area (TPSA) is 95.8 Å². The SMILES string of the molecule is O=C(NC1CN(C(=O)C2CC(=O)N(C3CCCC3)C2)C1)c1cc(C2CC2)no1. The van der Waals surface area contributed by atoms with Crippen LogP contribution in [0.1, 0.15) is 67.1 Å². The number of amides is 3. The van der Waals surface area contributed by atoms with Crippen molar-refractivity contribution in [1.82, 2.24) is 20.3 Å². The van der Waals surface area contributed by atoms with E-state index < -0.39 is 0 Å². The Morgan fingerprint density at radius 1 is 1.11 bits per heavy atom. The molecule has 1 aromatic rings. The quantitative estimate of drug-likeness (QED) is 0.823. The summed E-state index contributed by atoms with van der Waals surface area (Å²) in [5, 5.41) is 6.85. The summed E-state index contributed by atoms with van der Waals surface area (Å²) in [5.41, 5.74) is 0.855. The van der Waals surface area contributed by atoms with Crippen molar-refractivity contribution in [2.45, 2.75) is 62.9 Å². The molecule has 2 aliphatic carbocycles. The third kappa shape index (κ3) is 3.29. The van der Waals surface area contributed by atoms with Gasteiger partial charge in [-0.1, -0.05) is 18.0 Å². The summed E-state index contributed by atoms with van der Waals surface area (Å²) in [7, 11) is 0. The predicted octanol–water partition coefficient (Wildman–Crippen LogP) is 1.28. The normalized spacial score (nSPS) is 26.0. The molecule has 8 heteroatoms. The molecule has 1 unspecified atom stereocenters. The van der Waals surface area contributed by atoms with Crippen LogP contribution < -0.4 is 5.32 Å². The molecule has 1 atom stereocenters. The fourth-order valence-corrected chi connectivity index (χ4v) is 4.70. The van der Waals surface area contributed by atoms with Crippen molar-refractivity contribution in [3.8, 4) is 0 Å². The van der Waals surface area contributed by atoms with Crippen molar-refractivity contribution >= 4 is 17.7 Å². The van der Waals surface area contributed by atoms with Gasteiger partial charge in [0.2, 0.25) is 17.6 Å². The molecular weight excluding hydrogens is 360 g/mol. The second-order valence-electron chi connectivity index (χ2n) is 8.69. The number of hydrogen-bond acceptors (Lipinski definition) is 5. The van der Waals surface area contributed by atoms with Gasteiger partial charge in [0, 0.05) is 44.1 Å². The molecule has 0 bridgehead atoms. The summed E-state index contributed by atoms with van der Waals surface area (Å²) in [4.78, 5) is 41.0. The summed E-state index contributed by atoms with van der Waals surface area (Å²) in [5.74, 6) is 0.322. The zero-order chi connectivity index (χ0) is 19.3. The van der Waals surface area contributed by atoms with Gasteiger partial charge in [0.1, 0.15) is 0 Å². The van der Waals surface area contributed by atoms with Gasteiger partial charge in [0.25, 0.3) is 5.91 Å². The minimum atomic E-state index is -0.278. The Morgan fingerprint density at radius 3 is 2.57 bits per heavy atom. The third-order valence-electron chi connectivity index (χ3n) is 6.55. The van der Waals surface area contributed by atoms with Gasteiger partial charge in [-0.2, -0.15) is 0 Å². The lowest BCUT2D eigenvalue weighted by Crippen LogP contribution is -2.62. The number of hydrogen-bond donors (Lipinski definition) is 1. The highest BCUT2D eigenvalue weighted by molar-refractivity contribution is 5.92. The predicted molar refractivity (Wildman–Crippen MR) is 98.4 cm³/mol. The molecule has 8 nitrogen and oxygen atoms in total. The van der Waals surface area contributed by atoms with Crippen LogP contribution in [-0.2, 0) is 9.59 Å². The maximum Gasteiger partial charge on any atom is 0.290 e. The number of nitrogens with zero attached hydrogens (tertiary/aromatic N) is 3. The minimum Gasteiger partial charge on any atom is -0.351 e. The fourth-order valence-electron chi connectivity index (χ4n) is 4.70. The highest BCUT2D eigenvalue weighted by atomic mass is 16.5. The minimum absolute atomic E-state index is 0.0371. The second kappa shape index (κ2) is 6.90. The molecule has 0 aromatic carbocycles. The molecule has 28 heavy (non-hydrogen) atoms. The number of carbonyl (C=O) groups excluding carboxylic acids is 3. The van der Waals surface area contributed by atoms with E-state index in [9.17, 15) is 14.4 Å². The maximum absolute atomic E-state index is 12.7. The third-order valence-corrected chi connectivity index (χ3v) is 6.55. The van der Waals surface area contributed by atoms with Gasteiger partial charge in [-0.05, 0) is 25.7 Å².